The number of unbranched alkanes of at least 4 members (excludes halogenated alkanes) is 15. The van der Waals surface area contributed by atoms with Gasteiger partial charge in [-0.2, -0.15) is 0 Å². The van der Waals surface area contributed by atoms with Crippen molar-refractivity contribution in [2.45, 2.75) is 161 Å². The van der Waals surface area contributed by atoms with Crippen molar-refractivity contribution in [3.05, 3.63) is 24.3 Å². The monoisotopic (exact) mass is 659 g/mol. The van der Waals surface area contributed by atoms with Crippen molar-refractivity contribution in [3.63, 3.8) is 0 Å². The van der Waals surface area contributed by atoms with Gasteiger partial charge in [-0.15, -0.1) is 0 Å². The number of phosphoric acid groups is 1. The Hall–Kier alpha value is -1.02. The van der Waals surface area contributed by atoms with Gasteiger partial charge in [0.05, 0.1) is 39.9 Å². The van der Waals surface area contributed by atoms with E-state index < -0.39 is 20.0 Å². The number of phosphoric ester groups is 1. The Balaban J connectivity index is 4.60. The van der Waals surface area contributed by atoms with Crippen LogP contribution < -0.4 is 10.2 Å². The summed E-state index contributed by atoms with van der Waals surface area (Å²) in [6.45, 7) is 4.62. The van der Waals surface area contributed by atoms with E-state index in [1.165, 1.54) is 83.5 Å². The van der Waals surface area contributed by atoms with E-state index in [1.807, 2.05) is 27.2 Å². The Labute approximate surface area is 277 Å². The van der Waals surface area contributed by atoms with Crippen LogP contribution in [0, 0.1) is 0 Å². The molecule has 0 radical (unpaired) electrons. The van der Waals surface area contributed by atoms with Gasteiger partial charge in [0.25, 0.3) is 7.82 Å². The average Bonchev–Trinajstić information content (AvgIpc) is 2.97. The number of quaternary nitrogens is 1. The zero-order valence-electron chi connectivity index (χ0n) is 29.8. The lowest BCUT2D eigenvalue weighted by molar-refractivity contribution is -0.870. The molecule has 3 unspecified atom stereocenters. The SMILES string of the molecule is CCCCCCCC/C=C\C/C=C\CCC(=O)NC(COP(=O)([O-])OCC[N+](C)(C)C)C(O)CCCCCCCCCCCC. The maximum atomic E-state index is 12.7. The third-order valence-corrected chi connectivity index (χ3v) is 8.92. The minimum atomic E-state index is -4.56. The van der Waals surface area contributed by atoms with Crippen LogP contribution in [0.1, 0.15) is 149 Å². The van der Waals surface area contributed by atoms with Gasteiger partial charge in [-0.3, -0.25) is 9.36 Å². The molecule has 0 aromatic rings. The maximum absolute atomic E-state index is 12.7. The number of carbonyl (C=O) groups is 1. The fraction of sp³-hybridized carbons (Fsp3) is 0.861. The van der Waals surface area contributed by atoms with Crippen molar-refractivity contribution < 1.29 is 32.9 Å². The topological polar surface area (TPSA) is 108 Å². The first-order valence-electron chi connectivity index (χ1n) is 18.2. The smallest absolute Gasteiger partial charge is 0.268 e. The van der Waals surface area contributed by atoms with Crippen molar-refractivity contribution in [3.8, 4) is 0 Å². The number of likely N-dealkylation sites (N-methyl/N-ethyl adjacent to an activating group) is 1. The number of hydrogen-bond donors (Lipinski definition) is 2. The average molecular weight is 659 g/mol. The van der Waals surface area contributed by atoms with Gasteiger partial charge in [0.1, 0.15) is 13.2 Å². The van der Waals surface area contributed by atoms with E-state index in [0.29, 0.717) is 23.9 Å². The Morgan fingerprint density at radius 2 is 1.29 bits per heavy atom. The van der Waals surface area contributed by atoms with Crippen LogP contribution in [0.4, 0.5) is 0 Å². The number of rotatable bonds is 32. The molecule has 0 spiro atoms. The molecule has 0 saturated carbocycles. The van der Waals surface area contributed by atoms with Crippen molar-refractivity contribution in [1.29, 1.82) is 0 Å². The van der Waals surface area contributed by atoms with Crippen molar-refractivity contribution in [1.82, 2.24) is 5.32 Å². The summed E-state index contributed by atoms with van der Waals surface area (Å²) >= 11 is 0. The van der Waals surface area contributed by atoms with Crippen molar-refractivity contribution in [2.75, 3.05) is 40.9 Å². The van der Waals surface area contributed by atoms with Gasteiger partial charge in [0.2, 0.25) is 5.91 Å². The molecule has 45 heavy (non-hydrogen) atoms. The van der Waals surface area contributed by atoms with Crippen LogP contribution in [-0.2, 0) is 18.4 Å². The molecule has 0 aromatic carbocycles. The molecule has 3 atom stereocenters. The molecule has 0 saturated heterocycles. The van der Waals surface area contributed by atoms with Crippen LogP contribution in [0.5, 0.6) is 0 Å². The summed E-state index contributed by atoms with van der Waals surface area (Å²) < 4.78 is 23.0. The third kappa shape index (κ3) is 31.4. The van der Waals surface area contributed by atoms with Gasteiger partial charge in [-0.05, 0) is 32.1 Å². The summed E-state index contributed by atoms with van der Waals surface area (Å²) in [6.07, 6.45) is 30.5. The highest BCUT2D eigenvalue weighted by Gasteiger charge is 2.24. The van der Waals surface area contributed by atoms with Gasteiger partial charge < -0.3 is 28.8 Å². The normalized spacial score (nSPS) is 15.1. The first kappa shape index (κ1) is 44.0. The van der Waals surface area contributed by atoms with E-state index in [4.69, 9.17) is 9.05 Å². The van der Waals surface area contributed by atoms with Gasteiger partial charge >= 0.3 is 0 Å². The summed E-state index contributed by atoms with van der Waals surface area (Å²) in [5.74, 6) is -0.235. The number of hydrogen-bond acceptors (Lipinski definition) is 6. The van der Waals surface area contributed by atoms with E-state index in [9.17, 15) is 19.4 Å². The largest absolute Gasteiger partial charge is 0.756 e. The lowest BCUT2D eigenvalue weighted by atomic mass is 10.0. The molecule has 0 fully saturated rings. The van der Waals surface area contributed by atoms with Gasteiger partial charge in [-0.1, -0.05) is 134 Å². The summed E-state index contributed by atoms with van der Waals surface area (Å²) in [6, 6.07) is -0.825. The molecule has 0 bridgehead atoms. The second-order valence-electron chi connectivity index (χ2n) is 13.6. The first-order valence-corrected chi connectivity index (χ1v) is 19.6. The van der Waals surface area contributed by atoms with Crippen LogP contribution in [0.3, 0.4) is 0 Å². The molecule has 0 rings (SSSR count). The molecule has 266 valence electrons. The highest BCUT2D eigenvalue weighted by Crippen LogP contribution is 2.38. The molecule has 1 amide bonds. The Morgan fingerprint density at radius 3 is 1.84 bits per heavy atom. The molecule has 9 heteroatoms. The van der Waals surface area contributed by atoms with Crippen molar-refractivity contribution in [2.24, 2.45) is 0 Å². The van der Waals surface area contributed by atoms with E-state index in [1.54, 1.807) is 0 Å². The zero-order valence-corrected chi connectivity index (χ0v) is 30.7. The number of amides is 1. The zero-order chi connectivity index (χ0) is 33.7. The number of aliphatic hydroxyl groups is 1. The maximum Gasteiger partial charge on any atom is 0.268 e. The van der Waals surface area contributed by atoms with Crippen LogP contribution in [0.2, 0.25) is 0 Å². The summed E-state index contributed by atoms with van der Waals surface area (Å²) in [7, 11) is 1.27. The second kappa shape index (κ2) is 29.1. The third-order valence-electron chi connectivity index (χ3n) is 7.96. The predicted octanol–water partition coefficient (Wildman–Crippen LogP) is 8.38. The molecule has 0 heterocycles. The number of nitrogens with zero attached hydrogens (tertiary/aromatic N) is 1. The first-order chi connectivity index (χ1) is 21.5. The minimum Gasteiger partial charge on any atom is -0.756 e. The number of nitrogens with one attached hydrogen (secondary N) is 1. The van der Waals surface area contributed by atoms with Crippen LogP contribution >= 0.6 is 7.82 Å². The van der Waals surface area contributed by atoms with E-state index in [-0.39, 0.29) is 25.5 Å². The van der Waals surface area contributed by atoms with Gasteiger partial charge in [0, 0.05) is 6.42 Å². The Bertz CT molecular complexity index is 799. The predicted molar refractivity (Wildman–Crippen MR) is 187 cm³/mol. The fourth-order valence-corrected chi connectivity index (χ4v) is 5.69. The summed E-state index contributed by atoms with van der Waals surface area (Å²) in [5.41, 5.74) is 0. The summed E-state index contributed by atoms with van der Waals surface area (Å²) in [4.78, 5) is 25.1. The molecule has 0 aliphatic rings. The number of carbonyl (C=O) groups excluding carboxylic acids is 1. The molecule has 0 aliphatic carbocycles. The van der Waals surface area contributed by atoms with Gasteiger partial charge in [0.15, 0.2) is 0 Å². The molecule has 0 aliphatic heterocycles. The lowest BCUT2D eigenvalue weighted by Crippen LogP contribution is -2.46. The second-order valence-corrected chi connectivity index (χ2v) is 15.0. The summed E-state index contributed by atoms with van der Waals surface area (Å²) in [5, 5.41) is 13.7. The number of allylic oxidation sites excluding steroid dienone is 4. The quantitative estimate of drug-likeness (QED) is 0.0325. The highest BCUT2D eigenvalue weighted by molar-refractivity contribution is 7.45. The molecular weight excluding hydrogens is 587 g/mol. The molecule has 8 nitrogen and oxygen atoms in total. The van der Waals surface area contributed by atoms with E-state index in [0.717, 1.165) is 32.1 Å². The number of aliphatic hydroxyl groups excluding tert-OH is 1. The Morgan fingerprint density at radius 1 is 0.778 bits per heavy atom. The van der Waals surface area contributed by atoms with Gasteiger partial charge in [-0.25, -0.2) is 0 Å². The van der Waals surface area contributed by atoms with E-state index >= 15 is 0 Å². The standard InChI is InChI=1S/C36H71N2O6P/c1-6-8-10-12-14-16-18-19-20-22-24-26-28-30-36(40)37-34(33-44-45(41,42)43-32-31-38(3,4)5)35(39)29-27-25-23-21-17-15-13-11-9-7-2/h19-20,24,26,34-35,39H,6-18,21-23,25,27-33H2,1-5H3,(H-,37,40,41,42)/b20-19-,26-24-. The minimum absolute atomic E-state index is 0.00301. The van der Waals surface area contributed by atoms with Crippen molar-refractivity contribution >= 4 is 13.7 Å². The van der Waals surface area contributed by atoms with Crippen LogP contribution in [0.15, 0.2) is 24.3 Å². The van der Waals surface area contributed by atoms with E-state index in [2.05, 4.69) is 37.4 Å². The molecule has 0 aromatic heterocycles. The molecule has 2 N–H and O–H groups in total. The molecular formula is C36H71N2O6P. The lowest BCUT2D eigenvalue weighted by Gasteiger charge is -2.30. The Kier molecular flexibility index (Phi) is 28.5. The van der Waals surface area contributed by atoms with Crippen LogP contribution in [0.25, 0.3) is 0 Å². The highest BCUT2D eigenvalue weighted by atomic mass is 31.2. The fourth-order valence-electron chi connectivity index (χ4n) is 4.97. The van der Waals surface area contributed by atoms with Crippen LogP contribution in [-0.4, -0.2) is 68.5 Å².